The molecule has 3 rings (SSSR count). The van der Waals surface area contributed by atoms with E-state index in [0.29, 0.717) is 0 Å². The number of nitrogens with one attached hydrogen (secondary N) is 2. The maximum Gasteiger partial charge on any atom is 0.408 e. The van der Waals surface area contributed by atoms with E-state index < -0.39 is 47.2 Å². The predicted molar refractivity (Wildman–Crippen MR) is 151 cm³/mol. The van der Waals surface area contributed by atoms with Gasteiger partial charge in [0.15, 0.2) is 0 Å². The van der Waals surface area contributed by atoms with Crippen LogP contribution in [-0.4, -0.2) is 53.8 Å². The van der Waals surface area contributed by atoms with E-state index in [4.69, 9.17) is 14.2 Å². The number of esters is 2. The smallest absolute Gasteiger partial charge is 0.408 e. The van der Waals surface area contributed by atoms with Gasteiger partial charge in [0.25, 0.3) is 0 Å². The van der Waals surface area contributed by atoms with Crippen LogP contribution >= 0.6 is 0 Å². The van der Waals surface area contributed by atoms with Crippen molar-refractivity contribution in [3.8, 4) is 11.1 Å². The largest absolute Gasteiger partial charge is 0.465 e. The lowest BCUT2D eigenvalue weighted by molar-refractivity contribution is -0.158. The zero-order chi connectivity index (χ0) is 29.7. The van der Waals surface area contributed by atoms with Gasteiger partial charge in [0.1, 0.15) is 29.9 Å². The average molecular weight is 553 g/mol. The second-order valence-corrected chi connectivity index (χ2v) is 11.9. The zero-order valence-electron chi connectivity index (χ0n) is 24.3. The van der Waals surface area contributed by atoms with Crippen LogP contribution in [0.2, 0.25) is 0 Å². The molecule has 9 heteroatoms. The first-order valence-electron chi connectivity index (χ1n) is 13.5. The summed E-state index contributed by atoms with van der Waals surface area (Å²) in [4.78, 5) is 50.6. The van der Waals surface area contributed by atoms with Crippen LogP contribution in [0.15, 0.2) is 48.5 Å². The Balaban J connectivity index is 1.63. The summed E-state index contributed by atoms with van der Waals surface area (Å²) in [7, 11) is 0. The van der Waals surface area contributed by atoms with Gasteiger partial charge in [0.2, 0.25) is 5.91 Å². The third kappa shape index (κ3) is 8.56. The van der Waals surface area contributed by atoms with Crippen molar-refractivity contribution in [3.63, 3.8) is 0 Å². The lowest BCUT2D eigenvalue weighted by Crippen LogP contribution is -2.52. The van der Waals surface area contributed by atoms with Crippen LogP contribution in [0.5, 0.6) is 0 Å². The van der Waals surface area contributed by atoms with E-state index in [9.17, 15) is 19.2 Å². The molecule has 0 unspecified atom stereocenters. The Morgan fingerprint density at radius 3 is 1.85 bits per heavy atom. The summed E-state index contributed by atoms with van der Waals surface area (Å²) in [6.45, 7) is 11.9. The number of carbonyl (C=O) groups excluding carboxylic acids is 4. The van der Waals surface area contributed by atoms with Gasteiger partial charge >= 0.3 is 18.0 Å². The number of amides is 2. The van der Waals surface area contributed by atoms with Gasteiger partial charge in [-0.3, -0.25) is 9.59 Å². The Kier molecular flexibility index (Phi) is 9.60. The maximum atomic E-state index is 13.0. The fourth-order valence-electron chi connectivity index (χ4n) is 4.43. The Morgan fingerprint density at radius 2 is 1.32 bits per heavy atom. The number of hydrogen-bond donors (Lipinski definition) is 2. The first kappa shape index (κ1) is 30.7. The minimum Gasteiger partial charge on any atom is -0.465 e. The molecule has 1 aliphatic carbocycles. The molecule has 0 saturated heterocycles. The van der Waals surface area contributed by atoms with Crippen LogP contribution in [0.4, 0.5) is 4.79 Å². The Labute approximate surface area is 236 Å². The molecule has 1 aliphatic rings. The number of benzene rings is 2. The highest BCUT2D eigenvalue weighted by Crippen LogP contribution is 2.44. The van der Waals surface area contributed by atoms with Crippen LogP contribution in [0.3, 0.4) is 0 Å². The van der Waals surface area contributed by atoms with Crippen molar-refractivity contribution >= 4 is 23.9 Å². The van der Waals surface area contributed by atoms with Crippen molar-refractivity contribution in [2.75, 3.05) is 6.61 Å². The number of fused-ring (bicyclic) bond motifs is 3. The fourth-order valence-corrected chi connectivity index (χ4v) is 4.43. The average Bonchev–Trinajstić information content (AvgIpc) is 3.16. The molecule has 2 atom stereocenters. The topological polar surface area (TPSA) is 120 Å². The normalized spacial score (nSPS) is 14.3. The number of ether oxygens (including phenoxy) is 3. The quantitative estimate of drug-likeness (QED) is 0.337. The van der Waals surface area contributed by atoms with Gasteiger partial charge < -0.3 is 24.8 Å². The Bertz CT molecular complexity index is 1200. The van der Waals surface area contributed by atoms with E-state index in [2.05, 4.69) is 22.8 Å². The van der Waals surface area contributed by atoms with Gasteiger partial charge in [-0.1, -0.05) is 48.5 Å². The van der Waals surface area contributed by atoms with Crippen molar-refractivity contribution < 1.29 is 33.4 Å². The van der Waals surface area contributed by atoms with E-state index in [1.165, 1.54) is 6.92 Å². The van der Waals surface area contributed by atoms with Crippen LogP contribution in [0, 0.1) is 0 Å². The number of rotatable bonds is 9. The third-order valence-corrected chi connectivity index (χ3v) is 6.14. The number of hydrogen-bond acceptors (Lipinski definition) is 7. The predicted octanol–water partition coefficient (Wildman–Crippen LogP) is 4.86. The summed E-state index contributed by atoms with van der Waals surface area (Å²) in [6.07, 6.45) is -1.00. The maximum absolute atomic E-state index is 13.0. The molecule has 0 spiro atoms. The van der Waals surface area contributed by atoms with Crippen LogP contribution in [-0.2, 0) is 28.6 Å². The summed E-state index contributed by atoms with van der Waals surface area (Å²) >= 11 is 0. The van der Waals surface area contributed by atoms with Gasteiger partial charge in [-0.2, -0.15) is 0 Å². The number of carbonyl (C=O) groups is 4. The summed E-state index contributed by atoms with van der Waals surface area (Å²) in [5.41, 5.74) is 2.91. The van der Waals surface area contributed by atoms with Crippen LogP contribution in [0.1, 0.15) is 78.4 Å². The van der Waals surface area contributed by atoms with Gasteiger partial charge in [-0.25, -0.2) is 9.59 Å². The molecule has 0 heterocycles. The molecule has 0 fully saturated rings. The molecular formula is C31H40N2O7. The third-order valence-electron chi connectivity index (χ3n) is 6.14. The lowest BCUT2D eigenvalue weighted by atomic mass is 9.98. The van der Waals surface area contributed by atoms with Crippen molar-refractivity contribution in [2.24, 2.45) is 0 Å². The van der Waals surface area contributed by atoms with Crippen LogP contribution < -0.4 is 10.6 Å². The molecular weight excluding hydrogens is 512 g/mol. The zero-order valence-corrected chi connectivity index (χ0v) is 24.3. The van der Waals surface area contributed by atoms with E-state index in [1.807, 2.05) is 36.4 Å². The SMILES string of the molecule is C[C@H](NC(=O)[C@@H](CCC(=O)OCC1c2ccccc2-c2ccccc21)NC(=O)OC(C)(C)C)C(=O)OC(C)(C)C. The first-order valence-corrected chi connectivity index (χ1v) is 13.5. The first-order chi connectivity index (χ1) is 18.6. The minimum absolute atomic E-state index is 0.0528. The molecule has 2 aromatic carbocycles. The van der Waals surface area contributed by atoms with Gasteiger partial charge in [0, 0.05) is 12.3 Å². The molecule has 0 aromatic heterocycles. The highest BCUT2D eigenvalue weighted by Gasteiger charge is 2.31. The van der Waals surface area contributed by atoms with E-state index in [1.54, 1.807) is 41.5 Å². The molecule has 2 N–H and O–H groups in total. The van der Waals surface area contributed by atoms with E-state index in [0.717, 1.165) is 22.3 Å². The molecule has 0 saturated carbocycles. The van der Waals surface area contributed by atoms with E-state index in [-0.39, 0.29) is 25.4 Å². The summed E-state index contributed by atoms with van der Waals surface area (Å²) in [5, 5.41) is 5.07. The molecule has 0 radical (unpaired) electrons. The Hall–Kier alpha value is -3.88. The monoisotopic (exact) mass is 552 g/mol. The van der Waals surface area contributed by atoms with Crippen LogP contribution in [0.25, 0.3) is 11.1 Å². The molecule has 0 bridgehead atoms. The molecule has 0 aliphatic heterocycles. The van der Waals surface area contributed by atoms with E-state index >= 15 is 0 Å². The highest BCUT2D eigenvalue weighted by atomic mass is 16.6. The van der Waals surface area contributed by atoms with Crippen molar-refractivity contribution in [3.05, 3.63) is 59.7 Å². The molecule has 40 heavy (non-hydrogen) atoms. The number of alkyl carbamates (subject to hydrolysis) is 1. The fraction of sp³-hybridized carbons (Fsp3) is 0.484. The van der Waals surface area contributed by atoms with Gasteiger partial charge in [0.05, 0.1) is 0 Å². The summed E-state index contributed by atoms with van der Waals surface area (Å²) in [6, 6.07) is 14.0. The highest BCUT2D eigenvalue weighted by molar-refractivity contribution is 5.90. The summed E-state index contributed by atoms with van der Waals surface area (Å²) < 4.78 is 16.2. The second kappa shape index (κ2) is 12.5. The molecule has 2 amide bonds. The standard InChI is InChI=1S/C31H40N2O7/c1-19(28(36)39-30(2,3)4)32-27(35)25(33-29(37)40-31(5,6)7)16-17-26(34)38-18-24-22-14-10-8-12-20(22)21-13-9-11-15-23(21)24/h8-15,19,24-25H,16-18H2,1-7H3,(H,32,35)(H,33,37)/t19-,25+/m0/s1. The van der Waals surface area contributed by atoms with Crippen molar-refractivity contribution in [1.29, 1.82) is 0 Å². The minimum atomic E-state index is -1.14. The van der Waals surface area contributed by atoms with Gasteiger partial charge in [-0.05, 0) is 77.1 Å². The Morgan fingerprint density at radius 1 is 0.800 bits per heavy atom. The molecule has 216 valence electrons. The lowest BCUT2D eigenvalue weighted by Gasteiger charge is -2.25. The molecule has 2 aromatic rings. The molecule has 9 nitrogen and oxygen atoms in total. The summed E-state index contributed by atoms with van der Waals surface area (Å²) in [5.74, 6) is -1.86. The second-order valence-electron chi connectivity index (χ2n) is 11.9. The van der Waals surface area contributed by atoms with Crippen molar-refractivity contribution in [1.82, 2.24) is 10.6 Å². The van der Waals surface area contributed by atoms with Crippen molar-refractivity contribution in [2.45, 2.75) is 90.5 Å². The van der Waals surface area contributed by atoms with Gasteiger partial charge in [-0.15, -0.1) is 0 Å².